The molecule has 0 fully saturated rings. The predicted octanol–water partition coefficient (Wildman–Crippen LogP) is 4.91. The standard InChI is InChI=1S/C25H28N2O5S/c1-5-23(32-21-13-11-20(31-4)12-14-21)25(28)26-19-9-15-22(16-10-19)33(29,30)27-24-17(2)7-6-8-18(24)3/h6-16,23,27H,5H2,1-4H3,(H,26,28). The van der Waals surface area contributed by atoms with Crippen LogP contribution in [0.1, 0.15) is 24.5 Å². The van der Waals surface area contributed by atoms with Gasteiger partial charge in [0.15, 0.2) is 6.10 Å². The van der Waals surface area contributed by atoms with E-state index in [1.54, 1.807) is 43.5 Å². The van der Waals surface area contributed by atoms with E-state index in [1.807, 2.05) is 39.0 Å². The minimum absolute atomic E-state index is 0.102. The summed E-state index contributed by atoms with van der Waals surface area (Å²) in [6.45, 7) is 5.55. The zero-order chi connectivity index (χ0) is 24.0. The van der Waals surface area contributed by atoms with Gasteiger partial charge in [-0.1, -0.05) is 25.1 Å². The summed E-state index contributed by atoms with van der Waals surface area (Å²) in [5.41, 5.74) is 2.72. The van der Waals surface area contributed by atoms with E-state index in [0.29, 0.717) is 29.3 Å². The molecule has 1 amide bonds. The molecular formula is C25H28N2O5S. The van der Waals surface area contributed by atoms with Gasteiger partial charge in [-0.3, -0.25) is 9.52 Å². The number of amides is 1. The van der Waals surface area contributed by atoms with Crippen molar-refractivity contribution >= 4 is 27.3 Å². The van der Waals surface area contributed by atoms with Crippen LogP contribution in [0.2, 0.25) is 0 Å². The van der Waals surface area contributed by atoms with Gasteiger partial charge in [0, 0.05) is 5.69 Å². The maximum Gasteiger partial charge on any atom is 0.265 e. The molecule has 0 radical (unpaired) electrons. The van der Waals surface area contributed by atoms with Crippen LogP contribution in [0, 0.1) is 13.8 Å². The first-order valence-electron chi connectivity index (χ1n) is 10.5. The van der Waals surface area contributed by atoms with Crippen molar-refractivity contribution in [2.24, 2.45) is 0 Å². The number of para-hydroxylation sites is 1. The Balaban J connectivity index is 1.67. The lowest BCUT2D eigenvalue weighted by Crippen LogP contribution is -2.32. The Hall–Kier alpha value is -3.52. The van der Waals surface area contributed by atoms with Crippen molar-refractivity contribution in [2.45, 2.75) is 38.2 Å². The molecule has 0 aromatic heterocycles. The lowest BCUT2D eigenvalue weighted by molar-refractivity contribution is -0.122. The summed E-state index contributed by atoms with van der Waals surface area (Å²) in [5, 5.41) is 2.78. The van der Waals surface area contributed by atoms with Crippen molar-refractivity contribution in [3.8, 4) is 11.5 Å². The maximum absolute atomic E-state index is 12.8. The van der Waals surface area contributed by atoms with Crippen molar-refractivity contribution in [3.63, 3.8) is 0 Å². The second-order valence-corrected chi connectivity index (χ2v) is 9.26. The third-order valence-corrected chi connectivity index (χ3v) is 6.52. The quantitative estimate of drug-likeness (QED) is 0.465. The Morgan fingerprint density at radius 1 is 0.909 bits per heavy atom. The Morgan fingerprint density at radius 2 is 1.48 bits per heavy atom. The third-order valence-electron chi connectivity index (χ3n) is 5.15. The van der Waals surface area contributed by atoms with Crippen LogP contribution in [-0.2, 0) is 14.8 Å². The lowest BCUT2D eigenvalue weighted by Gasteiger charge is -2.18. The molecule has 3 aromatic rings. The van der Waals surface area contributed by atoms with E-state index >= 15 is 0 Å². The van der Waals surface area contributed by atoms with Gasteiger partial charge in [-0.05, 0) is 79.9 Å². The van der Waals surface area contributed by atoms with Gasteiger partial charge in [0.2, 0.25) is 0 Å². The van der Waals surface area contributed by atoms with Crippen LogP contribution < -0.4 is 19.5 Å². The number of hydrogen-bond acceptors (Lipinski definition) is 5. The number of ether oxygens (including phenoxy) is 2. The Kier molecular flexibility index (Phi) is 7.60. The van der Waals surface area contributed by atoms with E-state index in [-0.39, 0.29) is 10.8 Å². The van der Waals surface area contributed by atoms with Crippen molar-refractivity contribution in [2.75, 3.05) is 17.1 Å². The fraction of sp³-hybridized carbons (Fsp3) is 0.240. The highest BCUT2D eigenvalue weighted by molar-refractivity contribution is 7.92. The number of carbonyl (C=O) groups excluding carboxylic acids is 1. The summed E-state index contributed by atoms with van der Waals surface area (Å²) < 4.78 is 39.2. The molecule has 8 heteroatoms. The van der Waals surface area contributed by atoms with Crippen LogP contribution in [0.4, 0.5) is 11.4 Å². The normalized spacial score (nSPS) is 12.0. The average molecular weight is 469 g/mol. The molecule has 0 spiro atoms. The second kappa shape index (κ2) is 10.4. The van der Waals surface area contributed by atoms with Crippen LogP contribution in [-0.4, -0.2) is 27.5 Å². The number of benzene rings is 3. The van der Waals surface area contributed by atoms with E-state index in [4.69, 9.17) is 9.47 Å². The van der Waals surface area contributed by atoms with E-state index in [9.17, 15) is 13.2 Å². The highest BCUT2D eigenvalue weighted by atomic mass is 32.2. The van der Waals surface area contributed by atoms with E-state index in [1.165, 1.54) is 12.1 Å². The molecule has 3 aromatic carbocycles. The number of rotatable bonds is 9. The molecule has 2 N–H and O–H groups in total. The maximum atomic E-state index is 12.8. The molecule has 3 rings (SSSR count). The van der Waals surface area contributed by atoms with Crippen molar-refractivity contribution in [1.82, 2.24) is 0 Å². The molecule has 0 aliphatic rings. The number of hydrogen-bond donors (Lipinski definition) is 2. The van der Waals surface area contributed by atoms with E-state index in [0.717, 1.165) is 11.1 Å². The van der Waals surface area contributed by atoms with Gasteiger partial charge in [0.25, 0.3) is 15.9 Å². The number of methoxy groups -OCH3 is 1. The van der Waals surface area contributed by atoms with Crippen LogP contribution in [0.15, 0.2) is 71.6 Å². The molecule has 0 saturated heterocycles. The van der Waals surface area contributed by atoms with Gasteiger partial charge in [-0.25, -0.2) is 8.42 Å². The first kappa shape index (κ1) is 24.1. The number of aryl methyl sites for hydroxylation is 2. The summed E-state index contributed by atoms with van der Waals surface area (Å²) in [4.78, 5) is 12.8. The van der Waals surface area contributed by atoms with Crippen LogP contribution in [0.3, 0.4) is 0 Å². The van der Waals surface area contributed by atoms with Gasteiger partial charge in [0.1, 0.15) is 11.5 Å². The number of carbonyl (C=O) groups is 1. The predicted molar refractivity (Wildman–Crippen MR) is 129 cm³/mol. The van der Waals surface area contributed by atoms with Crippen molar-refractivity contribution in [1.29, 1.82) is 0 Å². The van der Waals surface area contributed by atoms with Gasteiger partial charge < -0.3 is 14.8 Å². The summed E-state index contributed by atoms with van der Waals surface area (Å²) >= 11 is 0. The van der Waals surface area contributed by atoms with Gasteiger partial charge >= 0.3 is 0 Å². The topological polar surface area (TPSA) is 93.7 Å². The van der Waals surface area contributed by atoms with Gasteiger partial charge in [-0.2, -0.15) is 0 Å². The monoisotopic (exact) mass is 468 g/mol. The molecule has 0 aliphatic heterocycles. The lowest BCUT2D eigenvalue weighted by atomic mass is 10.1. The summed E-state index contributed by atoms with van der Waals surface area (Å²) in [6.07, 6.45) is -0.239. The highest BCUT2D eigenvalue weighted by Crippen LogP contribution is 2.24. The average Bonchev–Trinajstić information content (AvgIpc) is 2.80. The minimum Gasteiger partial charge on any atom is -0.497 e. The Bertz CT molecular complexity index is 1190. The van der Waals surface area contributed by atoms with E-state index < -0.39 is 16.1 Å². The van der Waals surface area contributed by atoms with Gasteiger partial charge in [-0.15, -0.1) is 0 Å². The smallest absolute Gasteiger partial charge is 0.265 e. The fourth-order valence-electron chi connectivity index (χ4n) is 3.25. The third kappa shape index (κ3) is 6.04. The molecule has 7 nitrogen and oxygen atoms in total. The van der Waals surface area contributed by atoms with Crippen molar-refractivity contribution < 1.29 is 22.7 Å². The first-order valence-corrected chi connectivity index (χ1v) is 12.0. The largest absolute Gasteiger partial charge is 0.497 e. The first-order chi connectivity index (χ1) is 15.7. The molecule has 1 unspecified atom stereocenters. The molecule has 0 aliphatic carbocycles. The number of nitrogens with one attached hydrogen (secondary N) is 2. The molecule has 0 bridgehead atoms. The summed E-state index contributed by atoms with van der Waals surface area (Å²) in [5.74, 6) is 0.927. The second-order valence-electron chi connectivity index (χ2n) is 7.58. The van der Waals surface area contributed by atoms with E-state index in [2.05, 4.69) is 10.0 Å². The summed E-state index contributed by atoms with van der Waals surface area (Å²) in [6, 6.07) is 18.6. The zero-order valence-corrected chi connectivity index (χ0v) is 19.9. The molecular weight excluding hydrogens is 440 g/mol. The van der Waals surface area contributed by atoms with Crippen molar-refractivity contribution in [3.05, 3.63) is 77.9 Å². The Morgan fingerprint density at radius 3 is 2.03 bits per heavy atom. The molecule has 1 atom stereocenters. The number of sulfonamides is 1. The molecule has 174 valence electrons. The zero-order valence-electron chi connectivity index (χ0n) is 19.1. The van der Waals surface area contributed by atoms with Crippen LogP contribution in [0.25, 0.3) is 0 Å². The highest BCUT2D eigenvalue weighted by Gasteiger charge is 2.20. The summed E-state index contributed by atoms with van der Waals surface area (Å²) in [7, 11) is -2.19. The SMILES string of the molecule is CCC(Oc1ccc(OC)cc1)C(=O)Nc1ccc(S(=O)(=O)Nc2c(C)cccc2C)cc1. The van der Waals surface area contributed by atoms with Crippen LogP contribution in [0.5, 0.6) is 11.5 Å². The van der Waals surface area contributed by atoms with Gasteiger partial charge in [0.05, 0.1) is 17.7 Å². The molecule has 0 saturated carbocycles. The minimum atomic E-state index is -3.77. The van der Waals surface area contributed by atoms with Crippen LogP contribution >= 0.6 is 0 Å². The Labute approximate surface area is 194 Å². The number of anilines is 2. The molecule has 33 heavy (non-hydrogen) atoms. The molecule has 0 heterocycles. The fourth-order valence-corrected chi connectivity index (χ4v) is 4.45.